The van der Waals surface area contributed by atoms with Crippen molar-refractivity contribution in [3.8, 4) is 16.9 Å². The van der Waals surface area contributed by atoms with Crippen LogP contribution in [0.15, 0.2) is 42.5 Å². The van der Waals surface area contributed by atoms with Gasteiger partial charge in [0.25, 0.3) is 0 Å². The molecular formula is C15H15NO. The van der Waals surface area contributed by atoms with E-state index in [1.807, 2.05) is 24.3 Å². The van der Waals surface area contributed by atoms with E-state index < -0.39 is 0 Å². The van der Waals surface area contributed by atoms with Crippen molar-refractivity contribution in [3.05, 3.63) is 48.0 Å². The fraction of sp³-hybridized carbons (Fsp3) is 0.200. The SMILES string of the molecule is CC1Cc2cc(-c3ccccc3N)ccc2O1. The Morgan fingerprint density at radius 2 is 2.00 bits per heavy atom. The molecule has 0 saturated heterocycles. The number of para-hydroxylation sites is 1. The van der Waals surface area contributed by atoms with Crippen LogP contribution in [0.1, 0.15) is 12.5 Å². The van der Waals surface area contributed by atoms with Gasteiger partial charge in [0.2, 0.25) is 0 Å². The molecule has 2 aromatic rings. The zero-order valence-corrected chi connectivity index (χ0v) is 9.81. The number of anilines is 1. The largest absolute Gasteiger partial charge is 0.490 e. The third-order valence-electron chi connectivity index (χ3n) is 3.17. The molecule has 0 fully saturated rings. The number of hydrogen-bond donors (Lipinski definition) is 1. The Morgan fingerprint density at radius 3 is 2.82 bits per heavy atom. The lowest BCUT2D eigenvalue weighted by Crippen LogP contribution is -2.05. The van der Waals surface area contributed by atoms with Gasteiger partial charge in [0.1, 0.15) is 11.9 Å². The molecule has 2 heteroatoms. The van der Waals surface area contributed by atoms with Crippen LogP contribution >= 0.6 is 0 Å². The van der Waals surface area contributed by atoms with Gasteiger partial charge in [0, 0.05) is 17.7 Å². The van der Waals surface area contributed by atoms with Gasteiger partial charge in [0.15, 0.2) is 0 Å². The molecule has 0 spiro atoms. The number of nitrogens with two attached hydrogens (primary N) is 1. The van der Waals surface area contributed by atoms with Crippen molar-refractivity contribution in [2.45, 2.75) is 19.4 Å². The van der Waals surface area contributed by atoms with Gasteiger partial charge < -0.3 is 10.5 Å². The minimum absolute atomic E-state index is 0.286. The topological polar surface area (TPSA) is 35.2 Å². The quantitative estimate of drug-likeness (QED) is 0.756. The van der Waals surface area contributed by atoms with Crippen LogP contribution in [0.3, 0.4) is 0 Å². The van der Waals surface area contributed by atoms with E-state index >= 15 is 0 Å². The minimum Gasteiger partial charge on any atom is -0.490 e. The van der Waals surface area contributed by atoms with E-state index in [-0.39, 0.29) is 6.10 Å². The first-order chi connectivity index (χ1) is 8.24. The van der Waals surface area contributed by atoms with Gasteiger partial charge in [-0.05, 0) is 36.2 Å². The molecule has 2 aromatic carbocycles. The molecule has 0 radical (unpaired) electrons. The molecule has 17 heavy (non-hydrogen) atoms. The summed E-state index contributed by atoms with van der Waals surface area (Å²) in [7, 11) is 0. The molecule has 1 aliphatic rings. The first kappa shape index (κ1) is 10.2. The number of nitrogen functional groups attached to an aromatic ring is 1. The zero-order chi connectivity index (χ0) is 11.8. The van der Waals surface area contributed by atoms with Crippen molar-refractivity contribution in [3.63, 3.8) is 0 Å². The molecule has 0 aliphatic carbocycles. The average Bonchev–Trinajstić information content (AvgIpc) is 2.68. The van der Waals surface area contributed by atoms with Gasteiger partial charge in [-0.1, -0.05) is 24.3 Å². The Morgan fingerprint density at radius 1 is 1.18 bits per heavy atom. The normalized spacial score (nSPS) is 17.6. The fourth-order valence-electron chi connectivity index (χ4n) is 2.35. The van der Waals surface area contributed by atoms with Crippen molar-refractivity contribution in [1.82, 2.24) is 0 Å². The third kappa shape index (κ3) is 1.76. The summed E-state index contributed by atoms with van der Waals surface area (Å²) in [6, 6.07) is 14.3. The summed E-state index contributed by atoms with van der Waals surface area (Å²) in [5.41, 5.74) is 10.3. The van der Waals surface area contributed by atoms with Crippen LogP contribution in [-0.2, 0) is 6.42 Å². The van der Waals surface area contributed by atoms with Gasteiger partial charge >= 0.3 is 0 Å². The molecule has 1 unspecified atom stereocenters. The van der Waals surface area contributed by atoms with E-state index in [1.54, 1.807) is 0 Å². The molecule has 1 heterocycles. The summed E-state index contributed by atoms with van der Waals surface area (Å²) in [5.74, 6) is 1.01. The van der Waals surface area contributed by atoms with Crippen molar-refractivity contribution in [2.24, 2.45) is 0 Å². The van der Waals surface area contributed by atoms with Crippen LogP contribution in [0.5, 0.6) is 5.75 Å². The first-order valence-electron chi connectivity index (χ1n) is 5.88. The zero-order valence-electron chi connectivity index (χ0n) is 9.81. The highest BCUT2D eigenvalue weighted by Gasteiger charge is 2.19. The highest BCUT2D eigenvalue weighted by Crippen LogP contribution is 2.34. The Kier molecular flexibility index (Phi) is 2.29. The van der Waals surface area contributed by atoms with Crippen molar-refractivity contribution in [1.29, 1.82) is 0 Å². The molecule has 1 atom stereocenters. The summed E-state index contributed by atoms with van der Waals surface area (Å²) in [4.78, 5) is 0. The van der Waals surface area contributed by atoms with E-state index in [2.05, 4.69) is 25.1 Å². The molecule has 2 nitrogen and oxygen atoms in total. The molecule has 0 aromatic heterocycles. The molecule has 0 bridgehead atoms. The molecule has 3 rings (SSSR count). The number of rotatable bonds is 1. The molecule has 0 amide bonds. The average molecular weight is 225 g/mol. The van der Waals surface area contributed by atoms with Gasteiger partial charge in [-0.3, -0.25) is 0 Å². The lowest BCUT2D eigenvalue weighted by Gasteiger charge is -2.07. The highest BCUT2D eigenvalue weighted by atomic mass is 16.5. The summed E-state index contributed by atoms with van der Waals surface area (Å²) in [6.45, 7) is 2.09. The second kappa shape index (κ2) is 3.81. The Balaban J connectivity index is 2.07. The predicted octanol–water partition coefficient (Wildman–Crippen LogP) is 3.26. The van der Waals surface area contributed by atoms with Crippen molar-refractivity contribution < 1.29 is 4.74 Å². The number of ether oxygens (including phenoxy) is 1. The van der Waals surface area contributed by atoms with E-state index in [4.69, 9.17) is 10.5 Å². The first-order valence-corrected chi connectivity index (χ1v) is 5.88. The Hall–Kier alpha value is -1.96. The summed E-state index contributed by atoms with van der Waals surface area (Å²) in [5, 5.41) is 0. The lowest BCUT2D eigenvalue weighted by atomic mass is 10.00. The van der Waals surface area contributed by atoms with Gasteiger partial charge in [0.05, 0.1) is 0 Å². The standard InChI is InChI=1S/C15H15NO/c1-10-8-12-9-11(6-7-15(12)17-10)13-4-2-3-5-14(13)16/h2-7,9-10H,8,16H2,1H3. The van der Waals surface area contributed by atoms with E-state index in [0.29, 0.717) is 0 Å². The van der Waals surface area contributed by atoms with Crippen molar-refractivity contribution in [2.75, 3.05) is 5.73 Å². The number of benzene rings is 2. The monoisotopic (exact) mass is 225 g/mol. The van der Waals surface area contributed by atoms with E-state index in [0.717, 1.165) is 23.4 Å². The third-order valence-corrected chi connectivity index (χ3v) is 3.17. The molecule has 86 valence electrons. The highest BCUT2D eigenvalue weighted by molar-refractivity contribution is 5.77. The van der Waals surface area contributed by atoms with Crippen LogP contribution < -0.4 is 10.5 Å². The Labute approximate surface area is 101 Å². The van der Waals surface area contributed by atoms with Gasteiger partial charge in [-0.15, -0.1) is 0 Å². The summed E-state index contributed by atoms with van der Waals surface area (Å²) >= 11 is 0. The summed E-state index contributed by atoms with van der Waals surface area (Å²) in [6.07, 6.45) is 1.27. The van der Waals surface area contributed by atoms with Crippen LogP contribution in [0.2, 0.25) is 0 Å². The Bertz CT molecular complexity index is 563. The minimum atomic E-state index is 0.286. The molecular weight excluding hydrogens is 210 g/mol. The van der Waals surface area contributed by atoms with Gasteiger partial charge in [-0.2, -0.15) is 0 Å². The second-order valence-corrected chi connectivity index (χ2v) is 4.54. The number of hydrogen-bond acceptors (Lipinski definition) is 2. The summed E-state index contributed by atoms with van der Waals surface area (Å²) < 4.78 is 5.70. The predicted molar refractivity (Wildman–Crippen MR) is 70.1 cm³/mol. The molecule has 2 N–H and O–H groups in total. The molecule has 0 saturated carbocycles. The maximum absolute atomic E-state index is 5.99. The molecule has 1 aliphatic heterocycles. The van der Waals surface area contributed by atoms with E-state index in [1.165, 1.54) is 11.1 Å². The number of fused-ring (bicyclic) bond motifs is 1. The lowest BCUT2D eigenvalue weighted by molar-refractivity contribution is 0.254. The van der Waals surface area contributed by atoms with Crippen LogP contribution in [0.4, 0.5) is 5.69 Å². The van der Waals surface area contributed by atoms with E-state index in [9.17, 15) is 0 Å². The van der Waals surface area contributed by atoms with Crippen molar-refractivity contribution >= 4 is 5.69 Å². The van der Waals surface area contributed by atoms with Crippen LogP contribution in [0.25, 0.3) is 11.1 Å². The fourth-order valence-corrected chi connectivity index (χ4v) is 2.35. The maximum Gasteiger partial charge on any atom is 0.123 e. The van der Waals surface area contributed by atoms with Gasteiger partial charge in [-0.25, -0.2) is 0 Å². The maximum atomic E-state index is 5.99. The van der Waals surface area contributed by atoms with Crippen LogP contribution in [0, 0.1) is 0 Å². The van der Waals surface area contributed by atoms with Crippen LogP contribution in [-0.4, -0.2) is 6.10 Å². The smallest absolute Gasteiger partial charge is 0.123 e. The second-order valence-electron chi connectivity index (χ2n) is 4.54.